The molecule has 1 atom stereocenters. The lowest BCUT2D eigenvalue weighted by Gasteiger charge is -2.34. The lowest BCUT2D eigenvalue weighted by molar-refractivity contribution is -0.140. The van der Waals surface area contributed by atoms with E-state index in [0.29, 0.717) is 25.8 Å². The van der Waals surface area contributed by atoms with Crippen molar-refractivity contribution >= 4 is 66.7 Å². The number of hydrogen-bond acceptors (Lipinski definition) is 4. The zero-order valence-corrected chi connectivity index (χ0v) is 26.5. The number of amides is 2. The molecule has 0 aliphatic heterocycles. The number of rotatable bonds is 11. The van der Waals surface area contributed by atoms with Crippen LogP contribution in [0, 0.1) is 0 Å². The van der Waals surface area contributed by atoms with Gasteiger partial charge in [0.1, 0.15) is 12.6 Å². The van der Waals surface area contributed by atoms with Crippen LogP contribution < -0.4 is 9.62 Å². The normalized spacial score (nSPS) is 14.4. The molecule has 11 heteroatoms. The van der Waals surface area contributed by atoms with Crippen LogP contribution in [0.15, 0.2) is 77.3 Å². The van der Waals surface area contributed by atoms with Crippen LogP contribution in [0.3, 0.4) is 0 Å². The Bertz CT molecular complexity index is 1460. The van der Waals surface area contributed by atoms with Crippen molar-refractivity contribution in [2.75, 3.05) is 17.1 Å². The van der Waals surface area contributed by atoms with E-state index in [1.54, 1.807) is 42.5 Å². The Kier molecular flexibility index (Phi) is 10.7. The molecule has 3 aromatic rings. The highest BCUT2D eigenvalue weighted by atomic mass is 79.9. The van der Waals surface area contributed by atoms with Crippen molar-refractivity contribution in [3.05, 3.63) is 98.4 Å². The minimum atomic E-state index is -3.88. The van der Waals surface area contributed by atoms with Crippen LogP contribution in [0.4, 0.5) is 5.69 Å². The molecule has 0 radical (unpaired) electrons. The lowest BCUT2D eigenvalue weighted by atomic mass is 10.0. The van der Waals surface area contributed by atoms with E-state index in [-0.39, 0.29) is 24.9 Å². The second kappa shape index (κ2) is 14.1. The van der Waals surface area contributed by atoms with E-state index in [0.717, 1.165) is 41.8 Å². The Morgan fingerprint density at radius 2 is 1.56 bits per heavy atom. The fourth-order valence-electron chi connectivity index (χ4n) is 5.02. The number of sulfonamides is 1. The number of carbonyl (C=O) groups excluding carboxylic acids is 2. The average molecular weight is 681 g/mol. The minimum absolute atomic E-state index is 0.0226. The maximum absolute atomic E-state index is 14.2. The van der Waals surface area contributed by atoms with Crippen molar-refractivity contribution in [1.82, 2.24) is 10.2 Å². The van der Waals surface area contributed by atoms with E-state index in [2.05, 4.69) is 21.2 Å². The van der Waals surface area contributed by atoms with Crippen molar-refractivity contribution < 1.29 is 18.0 Å². The molecule has 0 saturated heterocycles. The van der Waals surface area contributed by atoms with Crippen LogP contribution in [0.5, 0.6) is 0 Å². The molecule has 0 heterocycles. The fourth-order valence-corrected chi connectivity index (χ4v) is 7.02. The summed E-state index contributed by atoms with van der Waals surface area (Å²) in [5.74, 6) is -0.867. The molecular formula is C30H32BrCl2N3O4S. The molecule has 1 aliphatic carbocycles. The fraction of sp³-hybridized carbons (Fsp3) is 0.333. The Labute approximate surface area is 260 Å². The van der Waals surface area contributed by atoms with E-state index < -0.39 is 28.5 Å². The average Bonchev–Trinajstić information content (AvgIpc) is 3.44. The monoisotopic (exact) mass is 679 g/mol. The summed E-state index contributed by atoms with van der Waals surface area (Å²) in [7, 11) is -3.88. The van der Waals surface area contributed by atoms with Gasteiger partial charge in [-0.2, -0.15) is 0 Å². The van der Waals surface area contributed by atoms with Gasteiger partial charge >= 0.3 is 0 Å². The Morgan fingerprint density at radius 3 is 2.17 bits per heavy atom. The largest absolute Gasteiger partial charge is 0.352 e. The first-order chi connectivity index (χ1) is 19.5. The van der Waals surface area contributed by atoms with Crippen LogP contribution in [0.1, 0.15) is 36.8 Å². The van der Waals surface area contributed by atoms with Gasteiger partial charge in [-0.3, -0.25) is 13.9 Å². The molecule has 218 valence electrons. The number of carbonyl (C=O) groups is 2. The van der Waals surface area contributed by atoms with Crippen molar-refractivity contribution in [2.45, 2.75) is 50.7 Å². The number of halogens is 3. The quantitative estimate of drug-likeness (QED) is 0.261. The predicted molar refractivity (Wildman–Crippen MR) is 168 cm³/mol. The number of nitrogens with zero attached hydrogens (tertiary/aromatic N) is 2. The van der Waals surface area contributed by atoms with E-state index in [9.17, 15) is 18.0 Å². The zero-order valence-electron chi connectivity index (χ0n) is 22.6. The van der Waals surface area contributed by atoms with Gasteiger partial charge in [-0.25, -0.2) is 8.42 Å². The third kappa shape index (κ3) is 8.25. The summed E-state index contributed by atoms with van der Waals surface area (Å²) in [5, 5.41) is 3.82. The topological polar surface area (TPSA) is 86.8 Å². The molecule has 2 amide bonds. The predicted octanol–water partition coefficient (Wildman–Crippen LogP) is 6.22. The molecular weight excluding hydrogens is 649 g/mol. The molecule has 41 heavy (non-hydrogen) atoms. The molecule has 1 aliphatic rings. The molecule has 1 saturated carbocycles. The van der Waals surface area contributed by atoms with Gasteiger partial charge in [0.05, 0.1) is 11.9 Å². The van der Waals surface area contributed by atoms with Crippen molar-refractivity contribution in [2.24, 2.45) is 0 Å². The summed E-state index contributed by atoms with van der Waals surface area (Å²) >= 11 is 16.4. The second-order valence-electron chi connectivity index (χ2n) is 10.1. The maximum atomic E-state index is 14.2. The molecule has 1 N–H and O–H groups in total. The summed E-state index contributed by atoms with van der Waals surface area (Å²) in [5.41, 5.74) is 1.64. The number of anilines is 1. The van der Waals surface area contributed by atoms with Gasteiger partial charge < -0.3 is 10.2 Å². The van der Waals surface area contributed by atoms with Gasteiger partial charge in [0.25, 0.3) is 0 Å². The zero-order chi connectivity index (χ0) is 29.6. The summed E-state index contributed by atoms with van der Waals surface area (Å²) in [6, 6.07) is 20.3. The Balaban J connectivity index is 1.77. The van der Waals surface area contributed by atoms with Crippen LogP contribution in [-0.4, -0.2) is 50.0 Å². The van der Waals surface area contributed by atoms with Crippen LogP contribution in [0.2, 0.25) is 10.0 Å². The summed E-state index contributed by atoms with van der Waals surface area (Å²) in [6.07, 6.45) is 5.07. The highest BCUT2D eigenvalue weighted by molar-refractivity contribution is 9.10. The molecule has 3 aromatic carbocycles. The molecule has 4 rings (SSSR count). The van der Waals surface area contributed by atoms with Crippen molar-refractivity contribution in [1.29, 1.82) is 0 Å². The molecule has 0 bridgehead atoms. The lowest BCUT2D eigenvalue weighted by Crippen LogP contribution is -2.54. The Morgan fingerprint density at radius 1 is 0.951 bits per heavy atom. The van der Waals surface area contributed by atoms with Gasteiger partial charge in [-0.15, -0.1) is 0 Å². The van der Waals surface area contributed by atoms with Gasteiger partial charge in [0, 0.05) is 39.1 Å². The van der Waals surface area contributed by atoms with Crippen LogP contribution in [0.25, 0.3) is 0 Å². The first kappa shape index (κ1) is 31.3. The maximum Gasteiger partial charge on any atom is 0.244 e. The first-order valence-electron chi connectivity index (χ1n) is 13.3. The van der Waals surface area contributed by atoms with E-state index in [4.69, 9.17) is 23.2 Å². The SMILES string of the molecule is CS(=O)(=O)N(CC(=O)N(Cc1c(Cl)cccc1Cl)[C@@H](Cc1ccccc1)C(=O)NC1CCCC1)c1ccccc1Br. The Hall–Kier alpha value is -2.59. The van der Waals surface area contributed by atoms with Gasteiger partial charge in [0.2, 0.25) is 21.8 Å². The smallest absolute Gasteiger partial charge is 0.244 e. The van der Waals surface area contributed by atoms with Gasteiger partial charge in [0.15, 0.2) is 0 Å². The minimum Gasteiger partial charge on any atom is -0.352 e. The number of hydrogen-bond donors (Lipinski definition) is 1. The highest BCUT2D eigenvalue weighted by Crippen LogP contribution is 2.30. The summed E-state index contributed by atoms with van der Waals surface area (Å²) < 4.78 is 27.4. The standard InChI is InChI=1S/C30H32BrCl2N3O4S/c1-41(39,40)36(27-17-8-7-14-24(27)31)20-29(37)35(19-23-25(32)15-9-16-26(23)33)28(18-21-10-3-2-4-11-21)30(38)34-22-12-5-6-13-22/h2-4,7-11,14-17,22,28H,5-6,12-13,18-20H2,1H3,(H,34,38)/t28-/m0/s1. The molecule has 0 spiro atoms. The van der Waals surface area contributed by atoms with Gasteiger partial charge in [-0.1, -0.05) is 84.6 Å². The molecule has 0 unspecified atom stereocenters. The van der Waals surface area contributed by atoms with Crippen LogP contribution in [-0.2, 0) is 32.6 Å². The third-order valence-corrected chi connectivity index (χ3v) is 9.67. The van der Waals surface area contributed by atoms with E-state index in [1.165, 1.54) is 4.90 Å². The van der Waals surface area contributed by atoms with E-state index >= 15 is 0 Å². The van der Waals surface area contributed by atoms with Crippen LogP contribution >= 0.6 is 39.1 Å². The molecule has 1 fully saturated rings. The van der Waals surface area contributed by atoms with Crippen molar-refractivity contribution in [3.8, 4) is 0 Å². The third-order valence-electron chi connectivity index (χ3n) is 7.16. The van der Waals surface area contributed by atoms with Gasteiger partial charge in [-0.05, 0) is 58.6 Å². The second-order valence-corrected chi connectivity index (χ2v) is 13.7. The van der Waals surface area contributed by atoms with E-state index in [1.807, 2.05) is 30.3 Å². The highest BCUT2D eigenvalue weighted by Gasteiger charge is 2.35. The first-order valence-corrected chi connectivity index (χ1v) is 16.7. The molecule has 7 nitrogen and oxygen atoms in total. The number of nitrogens with one attached hydrogen (secondary N) is 1. The number of benzene rings is 3. The number of para-hydroxylation sites is 1. The molecule has 0 aromatic heterocycles. The summed E-state index contributed by atoms with van der Waals surface area (Å²) in [6.45, 7) is -0.605. The van der Waals surface area contributed by atoms with Crippen molar-refractivity contribution in [3.63, 3.8) is 0 Å². The summed E-state index contributed by atoms with van der Waals surface area (Å²) in [4.78, 5) is 29.5.